The van der Waals surface area contributed by atoms with Crippen molar-refractivity contribution in [1.82, 2.24) is 19.2 Å². The van der Waals surface area contributed by atoms with Crippen LogP contribution < -0.4 is 15.6 Å². The maximum atomic E-state index is 12.8. The standard InChI is InChI=1S/C22H27N5O3/c1-3-30-18-12-8-7-11-17(18)23-19(28)14-26-15(2)13-20(29)27-22(26)24-21(25-27)16-9-5-4-6-10-16/h7-8,11-13,16H,3-6,9-10,14H2,1-2H3,(H,23,28). The van der Waals surface area contributed by atoms with E-state index in [1.165, 1.54) is 17.0 Å². The van der Waals surface area contributed by atoms with Gasteiger partial charge >= 0.3 is 0 Å². The second-order valence-corrected chi connectivity index (χ2v) is 7.70. The number of carbonyl (C=O) groups excluding carboxylic acids is 1. The fourth-order valence-corrected chi connectivity index (χ4v) is 4.03. The molecule has 8 heteroatoms. The Balaban J connectivity index is 1.62. The van der Waals surface area contributed by atoms with Crippen molar-refractivity contribution in [1.29, 1.82) is 0 Å². The van der Waals surface area contributed by atoms with Crippen molar-refractivity contribution in [2.24, 2.45) is 0 Å². The van der Waals surface area contributed by atoms with Gasteiger partial charge in [-0.05, 0) is 38.8 Å². The Kier molecular flexibility index (Phi) is 5.83. The maximum absolute atomic E-state index is 12.8. The molecular weight excluding hydrogens is 382 g/mol. The molecule has 1 fully saturated rings. The predicted octanol–water partition coefficient (Wildman–Crippen LogP) is 3.28. The summed E-state index contributed by atoms with van der Waals surface area (Å²) in [6, 6.07) is 8.81. The fraction of sp³-hybridized carbons (Fsp3) is 0.455. The number of para-hydroxylation sites is 2. The first kappa shape index (κ1) is 20.1. The van der Waals surface area contributed by atoms with E-state index in [-0.39, 0.29) is 23.9 Å². The van der Waals surface area contributed by atoms with E-state index in [0.717, 1.165) is 25.7 Å². The molecule has 1 aliphatic rings. The lowest BCUT2D eigenvalue weighted by Crippen LogP contribution is -2.25. The molecule has 0 saturated heterocycles. The third-order valence-corrected chi connectivity index (χ3v) is 5.55. The van der Waals surface area contributed by atoms with Gasteiger partial charge < -0.3 is 14.6 Å². The second-order valence-electron chi connectivity index (χ2n) is 7.70. The van der Waals surface area contributed by atoms with Gasteiger partial charge in [0.1, 0.15) is 12.3 Å². The van der Waals surface area contributed by atoms with Crippen LogP contribution >= 0.6 is 0 Å². The number of aromatic nitrogens is 4. The molecule has 0 bridgehead atoms. The van der Waals surface area contributed by atoms with E-state index in [2.05, 4.69) is 15.4 Å². The first-order valence-electron chi connectivity index (χ1n) is 10.6. The molecular formula is C22H27N5O3. The third-order valence-electron chi connectivity index (χ3n) is 5.55. The Morgan fingerprint density at radius 3 is 2.77 bits per heavy atom. The lowest BCUT2D eigenvalue weighted by atomic mass is 9.89. The van der Waals surface area contributed by atoms with E-state index in [9.17, 15) is 9.59 Å². The fourth-order valence-electron chi connectivity index (χ4n) is 4.03. The Morgan fingerprint density at radius 2 is 2.00 bits per heavy atom. The molecule has 1 saturated carbocycles. The van der Waals surface area contributed by atoms with Crippen LogP contribution in [0, 0.1) is 6.92 Å². The summed E-state index contributed by atoms with van der Waals surface area (Å²) in [6.45, 7) is 4.24. The van der Waals surface area contributed by atoms with Gasteiger partial charge in [0, 0.05) is 17.7 Å². The summed E-state index contributed by atoms with van der Waals surface area (Å²) in [5, 5.41) is 7.39. The Labute approximate surface area is 174 Å². The zero-order valence-corrected chi connectivity index (χ0v) is 17.4. The average molecular weight is 409 g/mol. The summed E-state index contributed by atoms with van der Waals surface area (Å²) in [6.07, 6.45) is 5.63. The van der Waals surface area contributed by atoms with Crippen molar-refractivity contribution in [2.45, 2.75) is 58.4 Å². The monoisotopic (exact) mass is 409 g/mol. The number of amides is 1. The summed E-state index contributed by atoms with van der Waals surface area (Å²) in [5.74, 6) is 1.79. The van der Waals surface area contributed by atoms with Crippen LogP contribution in [0.3, 0.4) is 0 Å². The maximum Gasteiger partial charge on any atom is 0.275 e. The molecule has 0 atom stereocenters. The van der Waals surface area contributed by atoms with Crippen molar-refractivity contribution >= 4 is 17.4 Å². The van der Waals surface area contributed by atoms with Gasteiger partial charge in [0.05, 0.1) is 12.3 Å². The number of anilines is 1. The van der Waals surface area contributed by atoms with E-state index in [1.807, 2.05) is 25.1 Å². The normalized spacial score (nSPS) is 14.7. The highest BCUT2D eigenvalue weighted by Gasteiger charge is 2.22. The van der Waals surface area contributed by atoms with Gasteiger partial charge in [-0.15, -0.1) is 5.10 Å². The lowest BCUT2D eigenvalue weighted by molar-refractivity contribution is -0.116. The highest BCUT2D eigenvalue weighted by molar-refractivity contribution is 5.92. The minimum atomic E-state index is -0.226. The molecule has 158 valence electrons. The first-order valence-corrected chi connectivity index (χ1v) is 10.6. The van der Waals surface area contributed by atoms with Gasteiger partial charge in [-0.25, -0.2) is 0 Å². The van der Waals surface area contributed by atoms with Crippen molar-refractivity contribution in [3.05, 3.63) is 52.2 Å². The molecule has 3 aromatic rings. The molecule has 4 rings (SSSR count). The molecule has 2 aromatic heterocycles. The SMILES string of the molecule is CCOc1ccccc1NC(=O)Cn1c(C)cc(=O)n2nc(C3CCCCC3)nc12. The molecule has 0 unspecified atom stereocenters. The average Bonchev–Trinajstić information content (AvgIpc) is 3.19. The number of benzene rings is 1. The lowest BCUT2D eigenvalue weighted by Gasteiger charge is -2.17. The quantitative estimate of drug-likeness (QED) is 0.675. The summed E-state index contributed by atoms with van der Waals surface area (Å²) in [7, 11) is 0. The van der Waals surface area contributed by atoms with Crippen LogP contribution in [0.2, 0.25) is 0 Å². The summed E-state index contributed by atoms with van der Waals surface area (Å²) in [5.41, 5.74) is 1.06. The predicted molar refractivity (Wildman–Crippen MR) is 114 cm³/mol. The van der Waals surface area contributed by atoms with Crippen molar-refractivity contribution in [2.75, 3.05) is 11.9 Å². The van der Waals surface area contributed by atoms with Crippen LogP contribution in [-0.4, -0.2) is 31.7 Å². The van der Waals surface area contributed by atoms with Crippen LogP contribution in [0.5, 0.6) is 5.75 Å². The summed E-state index contributed by atoms with van der Waals surface area (Å²) in [4.78, 5) is 30.0. The third kappa shape index (κ3) is 4.08. The minimum Gasteiger partial charge on any atom is -0.492 e. The van der Waals surface area contributed by atoms with E-state index in [1.54, 1.807) is 17.6 Å². The number of fused-ring (bicyclic) bond motifs is 1. The van der Waals surface area contributed by atoms with Gasteiger partial charge in [-0.3, -0.25) is 9.59 Å². The highest BCUT2D eigenvalue weighted by atomic mass is 16.5. The molecule has 1 aromatic carbocycles. The first-order chi connectivity index (χ1) is 14.6. The zero-order chi connectivity index (χ0) is 21.1. The second kappa shape index (κ2) is 8.69. The molecule has 8 nitrogen and oxygen atoms in total. The van der Waals surface area contributed by atoms with Crippen LogP contribution in [0.4, 0.5) is 5.69 Å². The topological polar surface area (TPSA) is 90.5 Å². The van der Waals surface area contributed by atoms with Gasteiger partial charge in [0.25, 0.3) is 5.56 Å². The number of hydrogen-bond acceptors (Lipinski definition) is 5. The van der Waals surface area contributed by atoms with Gasteiger partial charge in [-0.2, -0.15) is 9.50 Å². The van der Waals surface area contributed by atoms with Crippen LogP contribution in [-0.2, 0) is 11.3 Å². The Hall–Kier alpha value is -3.16. The number of rotatable bonds is 6. The highest BCUT2D eigenvalue weighted by Crippen LogP contribution is 2.30. The molecule has 0 aliphatic heterocycles. The minimum absolute atomic E-state index is 0.0267. The van der Waals surface area contributed by atoms with Crippen LogP contribution in [0.15, 0.2) is 35.1 Å². The molecule has 1 amide bonds. The molecule has 1 N–H and O–H groups in total. The van der Waals surface area contributed by atoms with E-state index >= 15 is 0 Å². The molecule has 30 heavy (non-hydrogen) atoms. The largest absolute Gasteiger partial charge is 0.492 e. The van der Waals surface area contributed by atoms with E-state index < -0.39 is 0 Å². The Bertz CT molecular complexity index is 1110. The van der Waals surface area contributed by atoms with Crippen LogP contribution in [0.25, 0.3) is 5.78 Å². The molecule has 1 aliphatic carbocycles. The van der Waals surface area contributed by atoms with E-state index in [4.69, 9.17) is 4.74 Å². The van der Waals surface area contributed by atoms with Crippen molar-refractivity contribution < 1.29 is 9.53 Å². The molecule has 2 heterocycles. The van der Waals surface area contributed by atoms with Crippen molar-refractivity contribution in [3.8, 4) is 5.75 Å². The smallest absolute Gasteiger partial charge is 0.275 e. The van der Waals surface area contributed by atoms with Crippen molar-refractivity contribution in [3.63, 3.8) is 0 Å². The number of carbonyl (C=O) groups is 1. The summed E-state index contributed by atoms with van der Waals surface area (Å²) < 4.78 is 8.63. The number of nitrogens with zero attached hydrogens (tertiary/aromatic N) is 4. The number of ether oxygens (including phenoxy) is 1. The number of nitrogens with one attached hydrogen (secondary N) is 1. The van der Waals surface area contributed by atoms with Crippen LogP contribution in [0.1, 0.15) is 56.5 Å². The zero-order valence-electron chi connectivity index (χ0n) is 17.4. The summed E-state index contributed by atoms with van der Waals surface area (Å²) >= 11 is 0. The molecule has 0 spiro atoms. The molecule has 0 radical (unpaired) electrons. The number of aryl methyl sites for hydroxylation is 1. The van der Waals surface area contributed by atoms with Gasteiger partial charge in [0.15, 0.2) is 5.82 Å². The van der Waals surface area contributed by atoms with Gasteiger partial charge in [0.2, 0.25) is 11.7 Å². The Morgan fingerprint density at radius 1 is 1.23 bits per heavy atom. The van der Waals surface area contributed by atoms with E-state index in [0.29, 0.717) is 35.3 Å². The number of hydrogen-bond donors (Lipinski definition) is 1. The van der Waals surface area contributed by atoms with Gasteiger partial charge in [-0.1, -0.05) is 31.4 Å².